The lowest BCUT2D eigenvalue weighted by atomic mass is 9.94. The van der Waals surface area contributed by atoms with Crippen LogP contribution in [0.2, 0.25) is 0 Å². The van der Waals surface area contributed by atoms with E-state index in [0.29, 0.717) is 0 Å². The average Bonchev–Trinajstić information content (AvgIpc) is 3.02. The summed E-state index contributed by atoms with van der Waals surface area (Å²) in [6.07, 6.45) is 0. The predicted octanol–water partition coefficient (Wildman–Crippen LogP) is 4.57. The summed E-state index contributed by atoms with van der Waals surface area (Å²) in [7, 11) is 0. The van der Waals surface area contributed by atoms with Gasteiger partial charge in [-0.3, -0.25) is 4.79 Å². The highest BCUT2D eigenvalue weighted by molar-refractivity contribution is 5.86. The molecule has 22 heavy (non-hydrogen) atoms. The molecule has 1 fully saturated rings. The van der Waals surface area contributed by atoms with Crippen molar-refractivity contribution in [2.75, 3.05) is 0 Å². The van der Waals surface area contributed by atoms with Gasteiger partial charge in [0.15, 0.2) is 0 Å². The monoisotopic (exact) mass is 308 g/mol. The van der Waals surface area contributed by atoms with Gasteiger partial charge in [-0.25, -0.2) is 17.6 Å². The molecule has 0 radical (unpaired) electrons. The Morgan fingerprint density at radius 2 is 1.59 bits per heavy atom. The maximum Gasteiger partial charge on any atom is 0.266 e. The molecule has 114 valence electrons. The topological polar surface area (TPSA) is 17.1 Å². The second kappa shape index (κ2) is 4.93. The zero-order valence-corrected chi connectivity index (χ0v) is 11.6. The number of Topliss-reactive ketones (excluding diaryl/α,β-unsaturated/α-hetero) is 1. The van der Waals surface area contributed by atoms with Crippen LogP contribution in [-0.4, -0.2) is 11.7 Å². The smallest absolute Gasteiger partial charge is 0.266 e. The Morgan fingerprint density at radius 1 is 1.00 bits per heavy atom. The lowest BCUT2D eigenvalue weighted by molar-refractivity contribution is -0.120. The number of carbonyl (C=O) groups is 1. The van der Waals surface area contributed by atoms with E-state index in [0.717, 1.165) is 19.1 Å². The minimum absolute atomic E-state index is 0.0616. The van der Waals surface area contributed by atoms with Crippen molar-refractivity contribution in [1.82, 2.24) is 0 Å². The van der Waals surface area contributed by atoms with Crippen molar-refractivity contribution >= 4 is 5.78 Å². The third-order valence-electron chi connectivity index (χ3n) is 4.02. The van der Waals surface area contributed by atoms with Gasteiger partial charge in [0, 0.05) is 0 Å². The molecule has 0 aliphatic heterocycles. The SMILES string of the molecule is CC(=O)C1C(c2ccccc2-c2c(F)cccc2F)C1(F)F. The van der Waals surface area contributed by atoms with E-state index >= 15 is 0 Å². The fraction of sp³-hybridized carbons (Fsp3) is 0.235. The van der Waals surface area contributed by atoms with Crippen molar-refractivity contribution in [2.45, 2.75) is 18.8 Å². The van der Waals surface area contributed by atoms with E-state index in [1.807, 2.05) is 0 Å². The van der Waals surface area contributed by atoms with Crippen LogP contribution in [0.5, 0.6) is 0 Å². The molecule has 2 aromatic carbocycles. The molecule has 0 amide bonds. The van der Waals surface area contributed by atoms with Gasteiger partial charge in [0.1, 0.15) is 17.4 Å². The zero-order chi connectivity index (χ0) is 16.1. The summed E-state index contributed by atoms with van der Waals surface area (Å²) in [6.45, 7) is 1.10. The molecule has 1 aliphatic rings. The first-order valence-electron chi connectivity index (χ1n) is 6.77. The van der Waals surface area contributed by atoms with Gasteiger partial charge < -0.3 is 0 Å². The third kappa shape index (κ3) is 2.12. The van der Waals surface area contributed by atoms with Crippen molar-refractivity contribution < 1.29 is 22.4 Å². The maximum atomic E-state index is 14.0. The van der Waals surface area contributed by atoms with E-state index in [4.69, 9.17) is 0 Å². The van der Waals surface area contributed by atoms with Crippen LogP contribution in [-0.2, 0) is 4.79 Å². The van der Waals surface area contributed by atoms with Crippen LogP contribution in [0.1, 0.15) is 18.4 Å². The van der Waals surface area contributed by atoms with Gasteiger partial charge in [0.2, 0.25) is 0 Å². The maximum absolute atomic E-state index is 14.0. The fourth-order valence-electron chi connectivity index (χ4n) is 2.97. The Kier molecular flexibility index (Phi) is 3.31. The van der Waals surface area contributed by atoms with Gasteiger partial charge in [-0.15, -0.1) is 0 Å². The molecule has 5 heteroatoms. The van der Waals surface area contributed by atoms with E-state index in [9.17, 15) is 22.4 Å². The molecule has 0 saturated heterocycles. The number of halogens is 4. The summed E-state index contributed by atoms with van der Waals surface area (Å²) in [5.41, 5.74) is -0.189. The fourth-order valence-corrected chi connectivity index (χ4v) is 2.97. The number of benzene rings is 2. The molecule has 0 spiro atoms. The van der Waals surface area contributed by atoms with Crippen LogP contribution in [0.3, 0.4) is 0 Å². The molecule has 0 aromatic heterocycles. The highest BCUT2D eigenvalue weighted by Crippen LogP contribution is 2.63. The second-order valence-electron chi connectivity index (χ2n) is 5.42. The normalized spacial score (nSPS) is 22.4. The van der Waals surface area contributed by atoms with Gasteiger partial charge in [-0.05, 0) is 30.2 Å². The molecule has 1 saturated carbocycles. The van der Waals surface area contributed by atoms with Crippen LogP contribution in [0.15, 0.2) is 42.5 Å². The molecule has 2 unspecified atom stereocenters. The Hall–Kier alpha value is -2.17. The van der Waals surface area contributed by atoms with Crippen molar-refractivity contribution in [2.24, 2.45) is 5.92 Å². The van der Waals surface area contributed by atoms with E-state index in [2.05, 4.69) is 0 Å². The zero-order valence-electron chi connectivity index (χ0n) is 11.6. The largest absolute Gasteiger partial charge is 0.299 e. The van der Waals surface area contributed by atoms with E-state index in [1.54, 1.807) is 0 Å². The Labute approximate surface area is 124 Å². The second-order valence-corrected chi connectivity index (χ2v) is 5.42. The summed E-state index contributed by atoms with van der Waals surface area (Å²) >= 11 is 0. The van der Waals surface area contributed by atoms with Gasteiger partial charge in [0.05, 0.1) is 17.4 Å². The van der Waals surface area contributed by atoms with E-state index in [1.165, 1.54) is 30.3 Å². The molecule has 0 bridgehead atoms. The van der Waals surface area contributed by atoms with Gasteiger partial charge in [0.25, 0.3) is 5.92 Å². The number of rotatable bonds is 3. The molecule has 3 rings (SSSR count). The molecule has 0 heterocycles. The molecular formula is C17H12F4O. The lowest BCUT2D eigenvalue weighted by Gasteiger charge is -2.11. The highest BCUT2D eigenvalue weighted by atomic mass is 19.3. The number of hydrogen-bond acceptors (Lipinski definition) is 1. The summed E-state index contributed by atoms with van der Waals surface area (Å²) < 4.78 is 55.7. The lowest BCUT2D eigenvalue weighted by Crippen LogP contribution is -2.01. The first kappa shape index (κ1) is 14.8. The van der Waals surface area contributed by atoms with Crippen molar-refractivity contribution in [1.29, 1.82) is 0 Å². The average molecular weight is 308 g/mol. The van der Waals surface area contributed by atoms with Crippen LogP contribution in [0.25, 0.3) is 11.1 Å². The molecule has 2 aromatic rings. The summed E-state index contributed by atoms with van der Waals surface area (Å²) in [4.78, 5) is 11.4. The van der Waals surface area contributed by atoms with Crippen LogP contribution in [0.4, 0.5) is 17.6 Å². The number of ketones is 1. The predicted molar refractivity (Wildman–Crippen MR) is 73.7 cm³/mol. The van der Waals surface area contributed by atoms with Crippen LogP contribution < -0.4 is 0 Å². The van der Waals surface area contributed by atoms with E-state index < -0.39 is 35.2 Å². The molecule has 1 nitrogen and oxygen atoms in total. The molecule has 2 atom stereocenters. The van der Waals surface area contributed by atoms with Crippen LogP contribution >= 0.6 is 0 Å². The molecule has 0 N–H and O–H groups in total. The highest BCUT2D eigenvalue weighted by Gasteiger charge is 2.71. The summed E-state index contributed by atoms with van der Waals surface area (Å²) in [5.74, 6) is -8.21. The summed E-state index contributed by atoms with van der Waals surface area (Å²) in [6, 6.07) is 9.18. The van der Waals surface area contributed by atoms with Crippen molar-refractivity contribution in [3.63, 3.8) is 0 Å². The number of hydrogen-bond donors (Lipinski definition) is 0. The third-order valence-corrected chi connectivity index (χ3v) is 4.02. The van der Waals surface area contributed by atoms with Gasteiger partial charge >= 0.3 is 0 Å². The first-order chi connectivity index (χ1) is 10.4. The van der Waals surface area contributed by atoms with Crippen molar-refractivity contribution in [3.05, 3.63) is 59.7 Å². The Morgan fingerprint density at radius 3 is 2.14 bits per heavy atom. The standard InChI is InChI=1S/C17H12F4O/c1-9(22)15-16(17(15,20)21)11-6-3-2-5-10(11)14-12(18)7-4-8-13(14)19/h2-8,15-16H,1H3. The quantitative estimate of drug-likeness (QED) is 0.759. The van der Waals surface area contributed by atoms with Crippen molar-refractivity contribution in [3.8, 4) is 11.1 Å². The van der Waals surface area contributed by atoms with E-state index in [-0.39, 0.29) is 16.7 Å². The molecular weight excluding hydrogens is 296 g/mol. The Balaban J connectivity index is 2.16. The van der Waals surface area contributed by atoms with Gasteiger partial charge in [-0.2, -0.15) is 0 Å². The minimum atomic E-state index is -3.18. The van der Waals surface area contributed by atoms with Gasteiger partial charge in [-0.1, -0.05) is 30.3 Å². The Bertz CT molecular complexity index is 734. The number of alkyl halides is 2. The number of carbonyl (C=O) groups excluding carboxylic acids is 1. The summed E-state index contributed by atoms with van der Waals surface area (Å²) in [5, 5.41) is 0. The molecule has 1 aliphatic carbocycles. The first-order valence-corrected chi connectivity index (χ1v) is 6.77. The van der Waals surface area contributed by atoms with Crippen LogP contribution in [0, 0.1) is 17.6 Å². The minimum Gasteiger partial charge on any atom is -0.299 e.